The molecule has 0 spiro atoms. The van der Waals surface area contributed by atoms with E-state index in [9.17, 15) is 14.7 Å². The first-order valence-electron chi connectivity index (χ1n) is 9.93. The van der Waals surface area contributed by atoms with Crippen LogP contribution >= 0.6 is 6.89 Å². The van der Waals surface area contributed by atoms with Crippen LogP contribution in [-0.2, 0) is 14.3 Å². The summed E-state index contributed by atoms with van der Waals surface area (Å²) in [5.74, 6) is -1.41. The lowest BCUT2D eigenvalue weighted by molar-refractivity contribution is -0.141. The molecule has 0 aromatic carbocycles. The molecular formula is C20H35N2O6P. The zero-order valence-electron chi connectivity index (χ0n) is 18.1. The molecule has 2 N–H and O–H groups in total. The Morgan fingerprint density at radius 3 is 2.69 bits per heavy atom. The number of amides is 2. The molecule has 2 rings (SSSR count). The standard InChI is InChI=1S/C20H35N2O6P/c1-13(19(24)25)7-9-22-12-14(11-21(2)20(22)26)17-18(27-3)16(23)15(28-17)8-10-29(4,5)6/h11,13,15-18,23H,4,7-10,12H2,1-3,5-6H3,(H,24,25)/t13?,15-,16-,17?,18-/m1/s1. The third kappa shape index (κ3) is 6.07. The van der Waals surface area contributed by atoms with Crippen molar-refractivity contribution in [3.05, 3.63) is 11.8 Å². The van der Waals surface area contributed by atoms with E-state index in [4.69, 9.17) is 14.6 Å². The second kappa shape index (κ2) is 9.65. The monoisotopic (exact) mass is 430 g/mol. The molecule has 9 heteroatoms. The fourth-order valence-electron chi connectivity index (χ4n) is 3.68. The van der Waals surface area contributed by atoms with Crippen LogP contribution in [0.3, 0.4) is 0 Å². The van der Waals surface area contributed by atoms with Gasteiger partial charge >= 0.3 is 12.0 Å². The second-order valence-electron chi connectivity index (χ2n) is 8.78. The highest BCUT2D eigenvalue weighted by Gasteiger charge is 2.46. The average Bonchev–Trinajstić information content (AvgIpc) is 2.95. The van der Waals surface area contributed by atoms with Crippen LogP contribution < -0.4 is 0 Å². The van der Waals surface area contributed by atoms with Gasteiger partial charge in [-0.2, -0.15) is 0 Å². The number of nitrogens with zero attached hydrogens (tertiary/aromatic N) is 2. The van der Waals surface area contributed by atoms with Gasteiger partial charge in [0, 0.05) is 33.4 Å². The summed E-state index contributed by atoms with van der Waals surface area (Å²) < 4.78 is 11.8. The zero-order chi connectivity index (χ0) is 21.9. The number of carboxylic acids is 1. The van der Waals surface area contributed by atoms with Crippen molar-refractivity contribution in [3.8, 4) is 0 Å². The molecule has 2 unspecified atom stereocenters. The van der Waals surface area contributed by atoms with Crippen LogP contribution in [0.15, 0.2) is 11.8 Å². The molecule has 0 bridgehead atoms. The molecule has 5 atom stereocenters. The molecule has 2 aliphatic rings. The summed E-state index contributed by atoms with van der Waals surface area (Å²) >= 11 is 0. The van der Waals surface area contributed by atoms with E-state index >= 15 is 0 Å². The number of aliphatic hydroxyl groups is 1. The van der Waals surface area contributed by atoms with E-state index < -0.39 is 37.1 Å². The fourth-order valence-corrected chi connectivity index (χ4v) is 4.63. The van der Waals surface area contributed by atoms with Gasteiger partial charge in [0.05, 0.1) is 12.0 Å². The Morgan fingerprint density at radius 2 is 2.14 bits per heavy atom. The molecule has 0 radical (unpaired) electrons. The minimum atomic E-state index is -1.24. The number of ether oxygens (including phenoxy) is 2. The smallest absolute Gasteiger partial charge is 0.324 e. The predicted octanol–water partition coefficient (Wildman–Crippen LogP) is 1.59. The third-order valence-electron chi connectivity index (χ3n) is 5.55. The van der Waals surface area contributed by atoms with Crippen LogP contribution in [0.2, 0.25) is 0 Å². The maximum Gasteiger partial charge on any atom is 0.324 e. The van der Waals surface area contributed by atoms with E-state index in [2.05, 4.69) is 19.6 Å². The van der Waals surface area contributed by atoms with Crippen LogP contribution in [0, 0.1) is 5.92 Å². The van der Waals surface area contributed by atoms with Crippen LogP contribution in [-0.4, -0.2) is 109 Å². The first kappa shape index (κ1) is 23.9. The number of rotatable bonds is 9. The maximum absolute atomic E-state index is 12.5. The summed E-state index contributed by atoms with van der Waals surface area (Å²) in [5, 5.41) is 19.8. The molecule has 0 aromatic heterocycles. The summed E-state index contributed by atoms with van der Waals surface area (Å²) in [7, 11) is 3.21. The van der Waals surface area contributed by atoms with Crippen LogP contribution in [0.5, 0.6) is 0 Å². The molecular weight excluding hydrogens is 395 g/mol. The SMILES string of the molecule is C=P(C)(C)CC[C@H]1OC(C2=CN(C)C(=O)N(CCC(C)C(=O)O)C2)[C@H](OC)[C@@H]1O. The molecule has 166 valence electrons. The molecule has 0 aliphatic carbocycles. The highest BCUT2D eigenvalue weighted by molar-refractivity contribution is 7.72. The number of carbonyl (C=O) groups excluding carboxylic acids is 1. The van der Waals surface area contributed by atoms with Gasteiger partial charge in [-0.15, -0.1) is 13.2 Å². The highest BCUT2D eigenvalue weighted by atomic mass is 31.2. The highest BCUT2D eigenvalue weighted by Crippen LogP contribution is 2.39. The first-order chi connectivity index (χ1) is 13.4. The van der Waals surface area contributed by atoms with Gasteiger partial charge in [0.2, 0.25) is 0 Å². The summed E-state index contributed by atoms with van der Waals surface area (Å²) in [5.41, 5.74) is 0.840. The lowest BCUT2D eigenvalue weighted by atomic mass is 9.99. The third-order valence-corrected chi connectivity index (χ3v) is 7.02. The molecule has 8 nitrogen and oxygen atoms in total. The van der Waals surface area contributed by atoms with Crippen LogP contribution in [0.25, 0.3) is 0 Å². The normalized spacial score (nSPS) is 29.2. The Kier molecular flexibility index (Phi) is 7.96. The quantitative estimate of drug-likeness (QED) is 0.539. The second-order valence-corrected chi connectivity index (χ2v) is 13.1. The van der Waals surface area contributed by atoms with Crippen molar-refractivity contribution in [2.45, 2.75) is 44.2 Å². The van der Waals surface area contributed by atoms with E-state index in [0.29, 0.717) is 25.9 Å². The van der Waals surface area contributed by atoms with Crippen LogP contribution in [0.4, 0.5) is 4.79 Å². The van der Waals surface area contributed by atoms with Gasteiger partial charge in [-0.05, 0) is 37.9 Å². The number of hydrogen-bond acceptors (Lipinski definition) is 5. The van der Waals surface area contributed by atoms with E-state index in [1.54, 1.807) is 32.2 Å². The fraction of sp³-hybridized carbons (Fsp3) is 0.750. The molecule has 0 saturated carbocycles. The first-order valence-corrected chi connectivity index (χ1v) is 13.0. The van der Waals surface area contributed by atoms with E-state index in [0.717, 1.165) is 11.7 Å². The molecule has 1 saturated heterocycles. The molecule has 2 amide bonds. The molecule has 29 heavy (non-hydrogen) atoms. The minimum absolute atomic E-state index is 0.181. The minimum Gasteiger partial charge on any atom is -0.481 e. The van der Waals surface area contributed by atoms with Gasteiger partial charge in [0.25, 0.3) is 0 Å². The van der Waals surface area contributed by atoms with E-state index in [1.165, 1.54) is 4.90 Å². The van der Waals surface area contributed by atoms with Crippen molar-refractivity contribution in [2.24, 2.45) is 5.92 Å². The number of aliphatic hydroxyl groups excluding tert-OH is 1. The Bertz CT molecular complexity index is 690. The summed E-state index contributed by atoms with van der Waals surface area (Å²) in [4.78, 5) is 26.7. The van der Waals surface area contributed by atoms with Crippen molar-refractivity contribution in [2.75, 3.05) is 46.7 Å². The number of carboxylic acid groups (broad SMARTS) is 1. The topological polar surface area (TPSA) is 99.5 Å². The molecule has 1 fully saturated rings. The molecule has 2 heterocycles. The van der Waals surface area contributed by atoms with Crippen molar-refractivity contribution in [1.29, 1.82) is 0 Å². The Labute approximate surface area is 173 Å². The van der Waals surface area contributed by atoms with E-state index in [1.807, 2.05) is 0 Å². The van der Waals surface area contributed by atoms with Gasteiger partial charge in [-0.1, -0.05) is 6.92 Å². The number of aliphatic carboxylic acids is 1. The van der Waals surface area contributed by atoms with Crippen LogP contribution in [0.1, 0.15) is 19.8 Å². The zero-order valence-corrected chi connectivity index (χ0v) is 19.0. The van der Waals surface area contributed by atoms with Gasteiger partial charge in [-0.3, -0.25) is 4.79 Å². The van der Waals surface area contributed by atoms with Gasteiger partial charge < -0.3 is 29.5 Å². The van der Waals surface area contributed by atoms with Crippen molar-refractivity contribution in [3.63, 3.8) is 0 Å². The Balaban J connectivity index is 2.12. The van der Waals surface area contributed by atoms with Gasteiger partial charge in [-0.25, -0.2) is 4.79 Å². The van der Waals surface area contributed by atoms with Crippen molar-refractivity contribution < 1.29 is 29.3 Å². The Hall–Kier alpha value is -1.34. The summed E-state index contributed by atoms with van der Waals surface area (Å²) in [6.45, 7) is 5.37. The van der Waals surface area contributed by atoms with Gasteiger partial charge in [0.1, 0.15) is 18.3 Å². The van der Waals surface area contributed by atoms with Gasteiger partial charge in [0.15, 0.2) is 0 Å². The predicted molar refractivity (Wildman–Crippen MR) is 115 cm³/mol. The van der Waals surface area contributed by atoms with Crippen molar-refractivity contribution in [1.82, 2.24) is 9.80 Å². The molecule has 0 aromatic rings. The average molecular weight is 430 g/mol. The lowest BCUT2D eigenvalue weighted by Crippen LogP contribution is -2.48. The summed E-state index contributed by atoms with van der Waals surface area (Å²) in [6.07, 6.45) is 5.89. The number of hydrogen-bond donors (Lipinski definition) is 2. The largest absolute Gasteiger partial charge is 0.481 e. The molecule has 2 aliphatic heterocycles. The lowest BCUT2D eigenvalue weighted by Gasteiger charge is -2.35. The number of carbonyl (C=O) groups is 2. The van der Waals surface area contributed by atoms with Crippen molar-refractivity contribution >= 4 is 25.2 Å². The number of urea groups is 1. The Morgan fingerprint density at radius 1 is 1.48 bits per heavy atom. The number of methoxy groups -OCH3 is 1. The van der Waals surface area contributed by atoms with E-state index in [-0.39, 0.29) is 12.1 Å². The maximum atomic E-state index is 12.5. The summed E-state index contributed by atoms with van der Waals surface area (Å²) in [6, 6.07) is -0.181.